The van der Waals surface area contributed by atoms with Crippen LogP contribution in [-0.4, -0.2) is 47.1 Å². The summed E-state index contributed by atoms with van der Waals surface area (Å²) < 4.78 is 91.4. The topological polar surface area (TPSA) is 108 Å². The lowest BCUT2D eigenvalue weighted by Crippen LogP contribution is -2.47. The van der Waals surface area contributed by atoms with Gasteiger partial charge in [-0.15, -0.1) is 0 Å². The molecular formula is C26H24F7N3O4. The molecule has 2 aromatic rings. The van der Waals surface area contributed by atoms with Crippen LogP contribution >= 0.6 is 0 Å². The van der Waals surface area contributed by atoms with Crippen LogP contribution in [0.3, 0.4) is 0 Å². The van der Waals surface area contributed by atoms with Gasteiger partial charge in [-0.3, -0.25) is 14.4 Å². The Kier molecular flexibility index (Phi) is 9.21. The van der Waals surface area contributed by atoms with Crippen molar-refractivity contribution < 1.29 is 50.2 Å². The molecule has 3 N–H and O–H groups in total. The largest absolute Gasteiger partial charge is 0.481 e. The van der Waals surface area contributed by atoms with Crippen LogP contribution in [0.4, 0.5) is 36.4 Å². The quantitative estimate of drug-likeness (QED) is 0.350. The van der Waals surface area contributed by atoms with Crippen molar-refractivity contribution in [3.05, 3.63) is 65.0 Å². The molecule has 0 saturated heterocycles. The third-order valence-corrected chi connectivity index (χ3v) is 6.28. The zero-order valence-corrected chi connectivity index (χ0v) is 20.9. The highest BCUT2D eigenvalue weighted by Crippen LogP contribution is 2.33. The Balaban J connectivity index is 2.02. The van der Waals surface area contributed by atoms with Crippen LogP contribution in [-0.2, 0) is 14.4 Å². The highest BCUT2D eigenvalue weighted by atomic mass is 19.4. The first-order valence-electron chi connectivity index (χ1n) is 12.0. The minimum Gasteiger partial charge on any atom is -0.481 e. The molecule has 14 heteroatoms. The van der Waals surface area contributed by atoms with Gasteiger partial charge in [-0.25, -0.2) is 9.38 Å². The average molecular weight is 575 g/mol. The normalized spacial score (nSPS) is 17.1. The molecule has 3 atom stereocenters. The predicted molar refractivity (Wildman–Crippen MR) is 129 cm³/mol. The SMILES string of the molecule is Cc1cccc2c1NC(=O)C(NC(=O)C(CCC(F)(F)F)C(CCC(F)(F)F)C(=O)O)N=C2c1cccc(F)c1. The first-order chi connectivity index (χ1) is 18.6. The van der Waals surface area contributed by atoms with E-state index in [9.17, 15) is 50.2 Å². The van der Waals surface area contributed by atoms with Crippen LogP contribution in [0, 0.1) is 24.6 Å². The number of benzodiazepines with no additional fused rings is 1. The molecule has 2 amide bonds. The van der Waals surface area contributed by atoms with Crippen LogP contribution in [0.15, 0.2) is 47.5 Å². The van der Waals surface area contributed by atoms with Crippen molar-refractivity contribution in [2.75, 3.05) is 5.32 Å². The summed E-state index contributed by atoms with van der Waals surface area (Å²) in [5.74, 6) is -9.11. The number of carbonyl (C=O) groups excluding carboxylic acids is 2. The third-order valence-electron chi connectivity index (χ3n) is 6.28. The molecule has 0 saturated carbocycles. The summed E-state index contributed by atoms with van der Waals surface area (Å²) >= 11 is 0. The highest BCUT2D eigenvalue weighted by molar-refractivity contribution is 6.20. The number of nitrogens with one attached hydrogen (secondary N) is 2. The molecule has 3 rings (SSSR count). The first kappa shape index (κ1) is 30.6. The molecule has 1 aliphatic rings. The summed E-state index contributed by atoms with van der Waals surface area (Å²) in [7, 11) is 0. The van der Waals surface area contributed by atoms with Gasteiger partial charge in [0.1, 0.15) is 5.82 Å². The molecule has 0 radical (unpaired) electrons. The van der Waals surface area contributed by atoms with E-state index in [4.69, 9.17) is 0 Å². The maximum Gasteiger partial charge on any atom is 0.389 e. The van der Waals surface area contributed by atoms with Crippen LogP contribution in [0.1, 0.15) is 42.4 Å². The highest BCUT2D eigenvalue weighted by Gasteiger charge is 2.41. The summed E-state index contributed by atoms with van der Waals surface area (Å²) in [5, 5.41) is 14.2. The summed E-state index contributed by atoms with van der Waals surface area (Å²) in [5.41, 5.74) is 1.36. The molecular weight excluding hydrogens is 551 g/mol. The van der Waals surface area contributed by atoms with Crippen molar-refractivity contribution in [2.45, 2.75) is 51.1 Å². The van der Waals surface area contributed by atoms with E-state index in [1.807, 2.05) is 0 Å². The van der Waals surface area contributed by atoms with E-state index >= 15 is 0 Å². The van der Waals surface area contributed by atoms with Crippen molar-refractivity contribution in [1.29, 1.82) is 0 Å². The van der Waals surface area contributed by atoms with Crippen LogP contribution in [0.2, 0.25) is 0 Å². The first-order valence-corrected chi connectivity index (χ1v) is 12.0. The van der Waals surface area contributed by atoms with Gasteiger partial charge in [0.15, 0.2) is 0 Å². The summed E-state index contributed by atoms with van der Waals surface area (Å²) in [4.78, 5) is 42.2. The van der Waals surface area contributed by atoms with Crippen molar-refractivity contribution >= 4 is 29.2 Å². The van der Waals surface area contributed by atoms with Crippen LogP contribution < -0.4 is 10.6 Å². The molecule has 1 heterocycles. The number of carboxylic acids is 1. The second kappa shape index (κ2) is 12.0. The number of fused-ring (bicyclic) bond motifs is 1. The molecule has 0 fully saturated rings. The van der Waals surface area contributed by atoms with E-state index in [0.29, 0.717) is 11.1 Å². The predicted octanol–water partition coefficient (Wildman–Crippen LogP) is 5.37. The number of anilines is 1. The second-order valence-corrected chi connectivity index (χ2v) is 9.24. The summed E-state index contributed by atoms with van der Waals surface area (Å²) in [6.07, 6.45) is -17.1. The van der Waals surface area contributed by atoms with Gasteiger partial charge in [0.05, 0.1) is 23.2 Å². The molecule has 7 nitrogen and oxygen atoms in total. The monoisotopic (exact) mass is 575 g/mol. The number of halogens is 7. The summed E-state index contributed by atoms with van der Waals surface area (Å²) in [6.45, 7) is 1.65. The zero-order chi connectivity index (χ0) is 29.8. The third kappa shape index (κ3) is 8.02. The Morgan fingerprint density at radius 3 is 2.17 bits per heavy atom. The number of carbonyl (C=O) groups is 3. The molecule has 0 aromatic heterocycles. The number of nitrogens with zero attached hydrogens (tertiary/aromatic N) is 1. The Morgan fingerprint density at radius 1 is 1.00 bits per heavy atom. The maximum absolute atomic E-state index is 14.0. The lowest BCUT2D eigenvalue weighted by Gasteiger charge is -2.25. The molecule has 2 aromatic carbocycles. The van der Waals surface area contributed by atoms with Gasteiger partial charge in [0, 0.05) is 24.0 Å². The molecule has 40 heavy (non-hydrogen) atoms. The van der Waals surface area contributed by atoms with Gasteiger partial charge in [-0.05, 0) is 37.5 Å². The lowest BCUT2D eigenvalue weighted by molar-refractivity contribution is -0.159. The Bertz CT molecular complexity index is 1310. The molecule has 216 valence electrons. The maximum atomic E-state index is 14.0. The van der Waals surface area contributed by atoms with Crippen molar-refractivity contribution in [1.82, 2.24) is 5.32 Å². The number of carboxylic acid groups (broad SMARTS) is 1. The molecule has 3 unspecified atom stereocenters. The number of aliphatic imine (C=N–C) groups is 1. The van der Waals surface area contributed by atoms with E-state index in [2.05, 4.69) is 15.6 Å². The number of hydrogen-bond donors (Lipinski definition) is 3. The van der Waals surface area contributed by atoms with Crippen LogP contribution in [0.25, 0.3) is 0 Å². The fourth-order valence-corrected chi connectivity index (χ4v) is 4.34. The standard InChI is InChI=1S/C26H24F7N3O4/c1-13-4-2-7-18-19(13)35-23(38)21(34-20(18)14-5-3-6-15(27)12-14)36-22(37)16(8-10-25(28,29)30)17(24(39)40)9-11-26(31,32)33/h2-7,12,16-17,21H,8-11H2,1H3,(H,35,38)(H,36,37)(H,39,40). The van der Waals surface area contributed by atoms with Crippen molar-refractivity contribution in [2.24, 2.45) is 16.8 Å². The average Bonchev–Trinajstić information content (AvgIpc) is 2.97. The number of amides is 2. The Labute approximate surface area is 223 Å². The number of aryl methyl sites for hydroxylation is 1. The van der Waals surface area contributed by atoms with E-state index in [1.54, 1.807) is 25.1 Å². The van der Waals surface area contributed by atoms with E-state index in [0.717, 1.165) is 12.1 Å². The Hall–Kier alpha value is -3.97. The number of alkyl halides is 6. The minimum absolute atomic E-state index is 0.0283. The fraction of sp³-hybridized carbons (Fsp3) is 0.385. The number of benzene rings is 2. The van der Waals surface area contributed by atoms with E-state index < -0.39 is 79.6 Å². The summed E-state index contributed by atoms with van der Waals surface area (Å²) in [6, 6.07) is 9.91. The van der Waals surface area contributed by atoms with Crippen LogP contribution in [0.5, 0.6) is 0 Å². The smallest absolute Gasteiger partial charge is 0.389 e. The minimum atomic E-state index is -4.84. The van der Waals surface area contributed by atoms with Gasteiger partial charge >= 0.3 is 18.3 Å². The van der Waals surface area contributed by atoms with Gasteiger partial charge < -0.3 is 15.7 Å². The lowest BCUT2D eigenvalue weighted by atomic mass is 9.84. The molecule has 1 aliphatic heterocycles. The molecule has 0 bridgehead atoms. The van der Waals surface area contributed by atoms with E-state index in [1.165, 1.54) is 12.1 Å². The number of aliphatic carboxylic acids is 1. The Morgan fingerprint density at radius 2 is 1.60 bits per heavy atom. The number of rotatable bonds is 9. The number of para-hydroxylation sites is 1. The number of hydrogen-bond acceptors (Lipinski definition) is 4. The van der Waals surface area contributed by atoms with Crippen molar-refractivity contribution in [3.8, 4) is 0 Å². The zero-order valence-electron chi connectivity index (χ0n) is 20.9. The van der Waals surface area contributed by atoms with Gasteiger partial charge in [-0.1, -0.05) is 30.3 Å². The second-order valence-electron chi connectivity index (χ2n) is 9.24. The molecule has 0 spiro atoms. The molecule has 0 aliphatic carbocycles. The van der Waals surface area contributed by atoms with Gasteiger partial charge in [-0.2, -0.15) is 26.3 Å². The fourth-order valence-electron chi connectivity index (χ4n) is 4.34. The van der Waals surface area contributed by atoms with Crippen molar-refractivity contribution in [3.63, 3.8) is 0 Å². The van der Waals surface area contributed by atoms with Gasteiger partial charge in [0.2, 0.25) is 12.1 Å². The van der Waals surface area contributed by atoms with E-state index in [-0.39, 0.29) is 17.0 Å². The van der Waals surface area contributed by atoms with Gasteiger partial charge in [0.25, 0.3) is 5.91 Å².